The van der Waals surface area contributed by atoms with Gasteiger partial charge in [-0.15, -0.1) is 0 Å². The lowest BCUT2D eigenvalue weighted by Crippen LogP contribution is -2.38. The second-order valence-electron chi connectivity index (χ2n) is 4.46. The number of nitrogens with zero attached hydrogens (tertiary/aromatic N) is 2. The van der Waals surface area contributed by atoms with E-state index in [4.69, 9.17) is 4.74 Å². The van der Waals surface area contributed by atoms with Crippen LogP contribution >= 0.6 is 0 Å². The molecule has 1 aliphatic heterocycles. The average Bonchev–Trinajstić information content (AvgIpc) is 2.82. The van der Waals surface area contributed by atoms with Gasteiger partial charge in [0.2, 0.25) is 0 Å². The molecule has 3 rings (SSSR count). The molecule has 4 nitrogen and oxygen atoms in total. The Hall–Kier alpha value is -1.39. The van der Waals surface area contributed by atoms with E-state index in [2.05, 4.69) is 27.9 Å². The summed E-state index contributed by atoms with van der Waals surface area (Å²) in [5.74, 6) is 1.05. The number of hydrogen-bond donors (Lipinski definition) is 1. The zero-order chi connectivity index (χ0) is 11.7. The SMILES string of the molecule is CC(c1nc2ccccc2[nH]1)N1CCOCC1. The number of rotatable bonds is 2. The number of hydrogen-bond acceptors (Lipinski definition) is 3. The maximum atomic E-state index is 5.37. The van der Waals surface area contributed by atoms with E-state index >= 15 is 0 Å². The van der Waals surface area contributed by atoms with Crippen molar-refractivity contribution in [3.8, 4) is 0 Å². The van der Waals surface area contributed by atoms with Crippen LogP contribution in [0.2, 0.25) is 0 Å². The van der Waals surface area contributed by atoms with E-state index < -0.39 is 0 Å². The van der Waals surface area contributed by atoms with E-state index in [0.29, 0.717) is 6.04 Å². The van der Waals surface area contributed by atoms with Crippen molar-refractivity contribution < 1.29 is 4.74 Å². The average molecular weight is 231 g/mol. The highest BCUT2D eigenvalue weighted by Crippen LogP contribution is 2.21. The molecule has 0 bridgehead atoms. The predicted octanol–water partition coefficient (Wildman–Crippen LogP) is 1.96. The van der Waals surface area contributed by atoms with Gasteiger partial charge < -0.3 is 9.72 Å². The Morgan fingerprint density at radius 2 is 2.06 bits per heavy atom. The Kier molecular flexibility index (Phi) is 2.82. The fraction of sp³-hybridized carbons (Fsp3) is 0.462. The largest absolute Gasteiger partial charge is 0.379 e. The van der Waals surface area contributed by atoms with Gasteiger partial charge in [0.1, 0.15) is 5.82 Å². The molecule has 4 heteroatoms. The van der Waals surface area contributed by atoms with Crippen molar-refractivity contribution in [1.29, 1.82) is 0 Å². The molecular weight excluding hydrogens is 214 g/mol. The maximum absolute atomic E-state index is 5.37. The first-order valence-electron chi connectivity index (χ1n) is 6.11. The highest BCUT2D eigenvalue weighted by atomic mass is 16.5. The first kappa shape index (κ1) is 10.7. The van der Waals surface area contributed by atoms with Gasteiger partial charge in [0.25, 0.3) is 0 Å². The summed E-state index contributed by atoms with van der Waals surface area (Å²) in [6.45, 7) is 5.81. The summed E-state index contributed by atoms with van der Waals surface area (Å²) < 4.78 is 5.37. The summed E-state index contributed by atoms with van der Waals surface area (Å²) in [7, 11) is 0. The molecule has 1 unspecified atom stereocenters. The Morgan fingerprint density at radius 3 is 2.82 bits per heavy atom. The molecule has 0 amide bonds. The van der Waals surface area contributed by atoms with Crippen LogP contribution in [0.4, 0.5) is 0 Å². The highest BCUT2D eigenvalue weighted by Gasteiger charge is 2.20. The minimum Gasteiger partial charge on any atom is -0.379 e. The van der Waals surface area contributed by atoms with Crippen LogP contribution in [0.3, 0.4) is 0 Å². The van der Waals surface area contributed by atoms with Crippen molar-refractivity contribution >= 4 is 11.0 Å². The molecule has 0 spiro atoms. The number of nitrogens with one attached hydrogen (secondary N) is 1. The lowest BCUT2D eigenvalue weighted by molar-refractivity contribution is 0.0184. The zero-order valence-corrected chi connectivity index (χ0v) is 10.0. The first-order valence-corrected chi connectivity index (χ1v) is 6.11. The van der Waals surface area contributed by atoms with E-state index in [1.165, 1.54) is 0 Å². The summed E-state index contributed by atoms with van der Waals surface area (Å²) in [5, 5.41) is 0. The molecule has 0 saturated carbocycles. The fourth-order valence-corrected chi connectivity index (χ4v) is 2.31. The summed E-state index contributed by atoms with van der Waals surface area (Å²) in [6.07, 6.45) is 0. The zero-order valence-electron chi connectivity index (χ0n) is 10.0. The number of aromatic nitrogens is 2. The third-order valence-electron chi connectivity index (χ3n) is 3.40. The summed E-state index contributed by atoms with van der Waals surface area (Å²) >= 11 is 0. The molecule has 1 N–H and O–H groups in total. The summed E-state index contributed by atoms with van der Waals surface area (Å²) in [4.78, 5) is 10.5. The van der Waals surface area contributed by atoms with Gasteiger partial charge in [0.05, 0.1) is 30.3 Å². The Labute approximate surface area is 101 Å². The molecule has 1 fully saturated rings. The van der Waals surface area contributed by atoms with Gasteiger partial charge in [0, 0.05) is 13.1 Å². The summed E-state index contributed by atoms with van der Waals surface area (Å²) in [6, 6.07) is 8.49. The number of imidazole rings is 1. The van der Waals surface area contributed by atoms with Crippen LogP contribution < -0.4 is 0 Å². The first-order chi connectivity index (χ1) is 8.34. The van der Waals surface area contributed by atoms with Gasteiger partial charge in [-0.3, -0.25) is 4.90 Å². The van der Waals surface area contributed by atoms with Crippen molar-refractivity contribution in [3.63, 3.8) is 0 Å². The molecular formula is C13H17N3O. The minimum atomic E-state index is 0.325. The molecule has 1 saturated heterocycles. The van der Waals surface area contributed by atoms with Gasteiger partial charge >= 0.3 is 0 Å². The number of morpholine rings is 1. The van der Waals surface area contributed by atoms with Crippen molar-refractivity contribution in [1.82, 2.24) is 14.9 Å². The molecule has 0 aliphatic carbocycles. The normalized spacial score (nSPS) is 19.6. The van der Waals surface area contributed by atoms with Crippen LogP contribution in [0.15, 0.2) is 24.3 Å². The van der Waals surface area contributed by atoms with E-state index in [9.17, 15) is 0 Å². The van der Waals surface area contributed by atoms with Gasteiger partial charge in [-0.05, 0) is 19.1 Å². The molecule has 1 aliphatic rings. The molecule has 2 heterocycles. The number of ether oxygens (including phenoxy) is 1. The van der Waals surface area contributed by atoms with Gasteiger partial charge in [0.15, 0.2) is 0 Å². The van der Waals surface area contributed by atoms with Gasteiger partial charge in [-0.1, -0.05) is 12.1 Å². The number of benzene rings is 1. The smallest absolute Gasteiger partial charge is 0.124 e. The molecule has 1 aromatic heterocycles. The second-order valence-corrected chi connectivity index (χ2v) is 4.46. The van der Waals surface area contributed by atoms with E-state index in [-0.39, 0.29) is 0 Å². The molecule has 0 radical (unpaired) electrons. The third kappa shape index (κ3) is 2.06. The van der Waals surface area contributed by atoms with Crippen LogP contribution in [-0.2, 0) is 4.74 Å². The standard InChI is InChI=1S/C13H17N3O/c1-10(16-6-8-17-9-7-16)13-14-11-4-2-3-5-12(11)15-13/h2-5,10H,6-9H2,1H3,(H,14,15). The lowest BCUT2D eigenvalue weighted by Gasteiger charge is -2.31. The number of para-hydroxylation sites is 2. The van der Waals surface area contributed by atoms with Crippen LogP contribution in [-0.4, -0.2) is 41.2 Å². The molecule has 1 aromatic carbocycles. The Balaban J connectivity index is 1.86. The topological polar surface area (TPSA) is 41.2 Å². The number of H-pyrrole nitrogens is 1. The molecule has 17 heavy (non-hydrogen) atoms. The number of fused-ring (bicyclic) bond motifs is 1. The van der Waals surface area contributed by atoms with Crippen LogP contribution in [0.25, 0.3) is 11.0 Å². The molecule has 1 atom stereocenters. The van der Waals surface area contributed by atoms with E-state index in [0.717, 1.165) is 43.2 Å². The quantitative estimate of drug-likeness (QED) is 0.859. The summed E-state index contributed by atoms with van der Waals surface area (Å²) in [5.41, 5.74) is 2.16. The van der Waals surface area contributed by atoms with Crippen molar-refractivity contribution in [2.75, 3.05) is 26.3 Å². The van der Waals surface area contributed by atoms with Crippen molar-refractivity contribution in [3.05, 3.63) is 30.1 Å². The van der Waals surface area contributed by atoms with E-state index in [1.807, 2.05) is 18.2 Å². The second kappa shape index (κ2) is 4.47. The lowest BCUT2D eigenvalue weighted by atomic mass is 10.2. The minimum absolute atomic E-state index is 0.325. The van der Waals surface area contributed by atoms with Crippen molar-refractivity contribution in [2.24, 2.45) is 0 Å². The highest BCUT2D eigenvalue weighted by molar-refractivity contribution is 5.74. The monoisotopic (exact) mass is 231 g/mol. The van der Waals surface area contributed by atoms with Gasteiger partial charge in [-0.25, -0.2) is 4.98 Å². The fourth-order valence-electron chi connectivity index (χ4n) is 2.31. The Morgan fingerprint density at radius 1 is 1.29 bits per heavy atom. The Bertz CT molecular complexity index is 469. The van der Waals surface area contributed by atoms with Crippen LogP contribution in [0.1, 0.15) is 18.8 Å². The van der Waals surface area contributed by atoms with Crippen LogP contribution in [0.5, 0.6) is 0 Å². The van der Waals surface area contributed by atoms with Crippen molar-refractivity contribution in [2.45, 2.75) is 13.0 Å². The van der Waals surface area contributed by atoms with Gasteiger partial charge in [-0.2, -0.15) is 0 Å². The maximum Gasteiger partial charge on any atom is 0.124 e. The molecule has 2 aromatic rings. The van der Waals surface area contributed by atoms with Crippen LogP contribution in [0, 0.1) is 0 Å². The van der Waals surface area contributed by atoms with E-state index in [1.54, 1.807) is 0 Å². The molecule has 90 valence electrons. The predicted molar refractivity (Wildman–Crippen MR) is 66.9 cm³/mol. The third-order valence-corrected chi connectivity index (χ3v) is 3.40. The number of aromatic amines is 1.